The number of nitrogen functional groups attached to an aromatic ring is 1. The molecule has 1 aliphatic heterocycles. The highest BCUT2D eigenvalue weighted by Gasteiger charge is 2.33. The number of anilines is 1. The van der Waals surface area contributed by atoms with E-state index in [4.69, 9.17) is 5.84 Å². The number of alkyl halides is 3. The van der Waals surface area contributed by atoms with E-state index in [9.17, 15) is 13.2 Å². The molecule has 17 heavy (non-hydrogen) atoms. The van der Waals surface area contributed by atoms with E-state index in [0.717, 1.165) is 43.1 Å². The van der Waals surface area contributed by atoms with Crippen molar-refractivity contribution in [3.63, 3.8) is 0 Å². The molecular formula is C10H14F3N4+. The summed E-state index contributed by atoms with van der Waals surface area (Å²) in [6.45, 7) is 3.09. The molecule has 0 amide bonds. The third-order valence-electron chi connectivity index (χ3n) is 2.72. The molecule has 0 aliphatic carbocycles. The number of rotatable bonds is 1. The maximum Gasteiger partial charge on any atom is 0.419 e. The van der Waals surface area contributed by atoms with Crippen LogP contribution in [-0.4, -0.2) is 26.2 Å². The van der Waals surface area contributed by atoms with Gasteiger partial charge in [0.05, 0.1) is 18.7 Å². The van der Waals surface area contributed by atoms with Gasteiger partial charge in [-0.15, -0.1) is 4.68 Å². The van der Waals surface area contributed by atoms with Crippen LogP contribution in [0.15, 0.2) is 18.3 Å². The number of hydrogen-bond acceptors (Lipinski definition) is 3. The number of nitrogens with one attached hydrogen (secondary N) is 1. The molecule has 2 heterocycles. The Balaban J connectivity index is 2.25. The molecule has 94 valence electrons. The van der Waals surface area contributed by atoms with Gasteiger partial charge in [0, 0.05) is 19.2 Å². The minimum Gasteiger partial charge on any atom is -0.309 e. The number of nitrogens with zero attached hydrogens (tertiary/aromatic N) is 2. The van der Waals surface area contributed by atoms with Gasteiger partial charge in [-0.05, 0) is 6.07 Å². The average molecular weight is 247 g/mol. The minimum absolute atomic E-state index is 0.597. The molecule has 0 aromatic carbocycles. The summed E-state index contributed by atoms with van der Waals surface area (Å²) in [4.78, 5) is 1.96. The topological polar surface area (TPSA) is 45.2 Å². The second-order valence-corrected chi connectivity index (χ2v) is 3.92. The zero-order chi connectivity index (χ0) is 12.5. The van der Waals surface area contributed by atoms with E-state index in [1.54, 1.807) is 0 Å². The van der Waals surface area contributed by atoms with Crippen molar-refractivity contribution < 1.29 is 17.8 Å². The van der Waals surface area contributed by atoms with Crippen LogP contribution in [0.3, 0.4) is 0 Å². The summed E-state index contributed by atoms with van der Waals surface area (Å²) in [5, 5.41) is 3.17. The molecule has 1 aliphatic rings. The van der Waals surface area contributed by atoms with Gasteiger partial charge >= 0.3 is 6.18 Å². The largest absolute Gasteiger partial charge is 0.419 e. The minimum atomic E-state index is -4.36. The third kappa shape index (κ3) is 2.60. The van der Waals surface area contributed by atoms with E-state index in [1.165, 1.54) is 6.07 Å². The maximum atomic E-state index is 12.4. The van der Waals surface area contributed by atoms with Crippen molar-refractivity contribution in [2.24, 2.45) is 0 Å². The molecule has 0 atom stereocenters. The second kappa shape index (κ2) is 4.40. The lowest BCUT2D eigenvalue weighted by Gasteiger charge is -2.23. The maximum absolute atomic E-state index is 12.4. The number of aromatic nitrogens is 1. The van der Waals surface area contributed by atoms with E-state index in [2.05, 4.69) is 5.32 Å². The van der Waals surface area contributed by atoms with Gasteiger partial charge < -0.3 is 5.32 Å². The van der Waals surface area contributed by atoms with Crippen LogP contribution in [0.4, 0.5) is 19.0 Å². The van der Waals surface area contributed by atoms with Gasteiger partial charge in [0.15, 0.2) is 0 Å². The Morgan fingerprint density at radius 1 is 1.24 bits per heavy atom. The first-order valence-corrected chi connectivity index (χ1v) is 5.32. The fourth-order valence-electron chi connectivity index (χ4n) is 1.84. The summed E-state index contributed by atoms with van der Waals surface area (Å²) in [6, 6.07) is 2.47. The predicted molar refractivity (Wildman–Crippen MR) is 56.9 cm³/mol. The van der Waals surface area contributed by atoms with Crippen molar-refractivity contribution in [3.05, 3.63) is 23.9 Å². The van der Waals surface area contributed by atoms with Crippen LogP contribution in [0.5, 0.6) is 0 Å². The third-order valence-corrected chi connectivity index (χ3v) is 2.72. The van der Waals surface area contributed by atoms with Crippen LogP contribution >= 0.6 is 0 Å². The Labute approximate surface area is 96.8 Å². The van der Waals surface area contributed by atoms with Gasteiger partial charge in [0.25, 0.3) is 5.82 Å². The van der Waals surface area contributed by atoms with Gasteiger partial charge in [0.1, 0.15) is 6.20 Å². The van der Waals surface area contributed by atoms with Crippen LogP contribution in [0.1, 0.15) is 5.56 Å². The van der Waals surface area contributed by atoms with Crippen LogP contribution in [-0.2, 0) is 6.18 Å². The highest BCUT2D eigenvalue weighted by Crippen LogP contribution is 2.28. The van der Waals surface area contributed by atoms with Crippen LogP contribution in [0, 0.1) is 0 Å². The van der Waals surface area contributed by atoms with Gasteiger partial charge in [0.2, 0.25) is 0 Å². The molecule has 0 unspecified atom stereocenters. The SMILES string of the molecule is N[n+]1cc(C(F)(F)F)ccc1N1CCNCC1. The van der Waals surface area contributed by atoms with Crippen LogP contribution in [0.25, 0.3) is 0 Å². The molecule has 1 aromatic rings. The Kier molecular flexibility index (Phi) is 3.10. The summed E-state index contributed by atoms with van der Waals surface area (Å²) >= 11 is 0. The molecule has 3 N–H and O–H groups in total. The average Bonchev–Trinajstić information content (AvgIpc) is 2.29. The van der Waals surface area contributed by atoms with E-state index in [-0.39, 0.29) is 0 Å². The zero-order valence-electron chi connectivity index (χ0n) is 9.17. The van der Waals surface area contributed by atoms with E-state index >= 15 is 0 Å². The van der Waals surface area contributed by atoms with E-state index < -0.39 is 11.7 Å². The van der Waals surface area contributed by atoms with Gasteiger partial charge in [-0.1, -0.05) is 0 Å². The quantitative estimate of drug-likeness (QED) is 0.547. The summed E-state index contributed by atoms with van der Waals surface area (Å²) in [6.07, 6.45) is -3.44. The number of hydrogen-bond donors (Lipinski definition) is 2. The highest BCUT2D eigenvalue weighted by molar-refractivity contribution is 5.35. The monoisotopic (exact) mass is 247 g/mol. The summed E-state index contributed by atoms with van der Waals surface area (Å²) in [7, 11) is 0. The highest BCUT2D eigenvalue weighted by atomic mass is 19.4. The van der Waals surface area contributed by atoms with Crippen molar-refractivity contribution in [3.8, 4) is 0 Å². The number of halogens is 3. The standard InChI is InChI=1S/C10H14F3N4/c11-10(12,13)8-1-2-9(17(14)7-8)16-5-3-15-4-6-16/h1-2,7,15H,3-6,14H2/q+1. The number of nitrogens with two attached hydrogens (primary N) is 1. The molecule has 0 bridgehead atoms. The lowest BCUT2D eigenvalue weighted by atomic mass is 10.2. The molecule has 4 nitrogen and oxygen atoms in total. The smallest absolute Gasteiger partial charge is 0.309 e. The number of piperazine rings is 1. The second-order valence-electron chi connectivity index (χ2n) is 3.92. The summed E-state index contributed by atoms with van der Waals surface area (Å²) < 4.78 is 38.4. The van der Waals surface area contributed by atoms with Crippen molar-refractivity contribution >= 4 is 5.82 Å². The van der Waals surface area contributed by atoms with Crippen LogP contribution < -0.4 is 20.7 Å². The Morgan fingerprint density at radius 2 is 1.88 bits per heavy atom. The van der Waals surface area contributed by atoms with E-state index in [0.29, 0.717) is 5.82 Å². The van der Waals surface area contributed by atoms with Crippen molar-refractivity contribution in [2.45, 2.75) is 6.18 Å². The van der Waals surface area contributed by atoms with E-state index in [1.807, 2.05) is 4.90 Å². The van der Waals surface area contributed by atoms with Gasteiger partial charge in [-0.3, -0.25) is 10.7 Å². The first-order valence-electron chi connectivity index (χ1n) is 5.32. The van der Waals surface area contributed by atoms with Crippen molar-refractivity contribution in [1.29, 1.82) is 0 Å². The fourth-order valence-corrected chi connectivity index (χ4v) is 1.84. The van der Waals surface area contributed by atoms with Crippen molar-refractivity contribution in [1.82, 2.24) is 5.32 Å². The van der Waals surface area contributed by atoms with Crippen LogP contribution in [0.2, 0.25) is 0 Å². The summed E-state index contributed by atoms with van der Waals surface area (Å²) in [5.74, 6) is 6.20. The Bertz CT molecular complexity index is 399. The molecular weight excluding hydrogens is 233 g/mol. The normalized spacial score (nSPS) is 17.2. The van der Waals surface area contributed by atoms with Crippen molar-refractivity contribution in [2.75, 3.05) is 36.9 Å². The molecule has 1 aromatic heterocycles. The summed E-state index contributed by atoms with van der Waals surface area (Å²) in [5.41, 5.74) is -0.737. The molecule has 1 fully saturated rings. The lowest BCUT2D eigenvalue weighted by Crippen LogP contribution is -2.54. The Morgan fingerprint density at radius 3 is 2.41 bits per heavy atom. The molecule has 0 saturated carbocycles. The first kappa shape index (κ1) is 12.0. The first-order chi connectivity index (χ1) is 7.98. The zero-order valence-corrected chi connectivity index (χ0v) is 9.17. The fraction of sp³-hybridized carbons (Fsp3) is 0.500. The number of pyridine rings is 1. The molecule has 0 radical (unpaired) electrons. The van der Waals surface area contributed by atoms with Gasteiger partial charge in [-0.2, -0.15) is 13.2 Å². The predicted octanol–water partition coefficient (Wildman–Crippen LogP) is 0.116. The van der Waals surface area contributed by atoms with Gasteiger partial charge in [-0.25, -0.2) is 0 Å². The molecule has 0 spiro atoms. The molecule has 2 rings (SSSR count). The Hall–Kier alpha value is -1.50. The lowest BCUT2D eigenvalue weighted by molar-refractivity contribution is -0.627. The molecule has 1 saturated heterocycles. The molecule has 7 heteroatoms.